The number of hydrogen-bond acceptors (Lipinski definition) is 5. The van der Waals surface area contributed by atoms with Gasteiger partial charge in [-0.3, -0.25) is 14.4 Å². The van der Waals surface area contributed by atoms with Gasteiger partial charge in [-0.05, 0) is 66.1 Å². The van der Waals surface area contributed by atoms with Crippen LogP contribution in [0.1, 0.15) is 38.3 Å². The number of hydrogen-bond donors (Lipinski definition) is 3. The minimum Gasteiger partial charge on any atom is -0.508 e. The smallest absolute Gasteiger partial charge is 0.256 e. The van der Waals surface area contributed by atoms with Crippen LogP contribution in [0.25, 0.3) is 12.2 Å². The van der Waals surface area contributed by atoms with Crippen LogP contribution in [0.3, 0.4) is 0 Å². The molecule has 2 heterocycles. The standard InChI is InChI=1S/C28H25N3O5/c1-36-22-11-7-19(8-12-22)26(33)29-20-15-25-27(34)30-24-13-6-18(14-23(24)28(35)31(25)16-20)3-2-17-4-9-21(32)10-5-17/h2-14,20,25,32H,15-16H2,1H3,(H,29,33)(H,30,34). The molecule has 0 aromatic heterocycles. The van der Waals surface area contributed by atoms with Crippen molar-refractivity contribution in [3.05, 3.63) is 89.0 Å². The Labute approximate surface area is 208 Å². The highest BCUT2D eigenvalue weighted by atomic mass is 16.5. The number of fused-ring (bicyclic) bond motifs is 2. The third-order valence-electron chi connectivity index (χ3n) is 6.45. The largest absolute Gasteiger partial charge is 0.508 e. The molecule has 2 aliphatic heterocycles. The number of amides is 3. The van der Waals surface area contributed by atoms with Crippen LogP contribution < -0.4 is 15.4 Å². The molecule has 2 unspecified atom stereocenters. The Balaban J connectivity index is 1.32. The molecule has 0 saturated carbocycles. The maximum absolute atomic E-state index is 13.5. The summed E-state index contributed by atoms with van der Waals surface area (Å²) in [6.07, 6.45) is 4.08. The molecule has 0 radical (unpaired) electrons. The summed E-state index contributed by atoms with van der Waals surface area (Å²) in [4.78, 5) is 40.6. The first-order valence-electron chi connectivity index (χ1n) is 11.6. The van der Waals surface area contributed by atoms with Crippen molar-refractivity contribution in [2.24, 2.45) is 0 Å². The lowest BCUT2D eigenvalue weighted by atomic mass is 10.1. The lowest BCUT2D eigenvalue weighted by Crippen LogP contribution is -2.41. The van der Waals surface area contributed by atoms with Gasteiger partial charge in [0, 0.05) is 18.2 Å². The van der Waals surface area contributed by atoms with E-state index in [4.69, 9.17) is 4.74 Å². The van der Waals surface area contributed by atoms with E-state index in [1.807, 2.05) is 18.2 Å². The predicted molar refractivity (Wildman–Crippen MR) is 136 cm³/mol. The van der Waals surface area contributed by atoms with Gasteiger partial charge in [0.15, 0.2) is 0 Å². The van der Waals surface area contributed by atoms with E-state index in [1.165, 1.54) is 4.90 Å². The number of carbonyl (C=O) groups excluding carboxylic acids is 3. The first-order chi connectivity index (χ1) is 17.4. The van der Waals surface area contributed by atoms with E-state index >= 15 is 0 Å². The molecule has 8 nitrogen and oxygen atoms in total. The molecular weight excluding hydrogens is 458 g/mol. The van der Waals surface area contributed by atoms with Crippen LogP contribution in [0.2, 0.25) is 0 Å². The van der Waals surface area contributed by atoms with Gasteiger partial charge in [0.05, 0.1) is 18.4 Å². The third kappa shape index (κ3) is 4.65. The second-order valence-corrected chi connectivity index (χ2v) is 8.83. The quantitative estimate of drug-likeness (QED) is 0.481. The molecule has 1 fully saturated rings. The van der Waals surface area contributed by atoms with Crippen molar-refractivity contribution in [2.45, 2.75) is 18.5 Å². The van der Waals surface area contributed by atoms with Crippen LogP contribution >= 0.6 is 0 Å². The fourth-order valence-electron chi connectivity index (χ4n) is 4.52. The number of methoxy groups -OCH3 is 1. The molecular formula is C28H25N3O5. The normalized spacial score (nSPS) is 18.9. The fourth-order valence-corrected chi connectivity index (χ4v) is 4.52. The van der Waals surface area contributed by atoms with Gasteiger partial charge >= 0.3 is 0 Å². The van der Waals surface area contributed by atoms with Crippen molar-refractivity contribution in [1.29, 1.82) is 0 Å². The van der Waals surface area contributed by atoms with Gasteiger partial charge in [-0.25, -0.2) is 0 Å². The summed E-state index contributed by atoms with van der Waals surface area (Å²) in [5.74, 6) is 0.0523. The molecule has 1 saturated heterocycles. The summed E-state index contributed by atoms with van der Waals surface area (Å²) in [7, 11) is 1.56. The summed E-state index contributed by atoms with van der Waals surface area (Å²) in [5.41, 5.74) is 3.05. The molecule has 3 N–H and O–H groups in total. The van der Waals surface area contributed by atoms with E-state index in [2.05, 4.69) is 10.6 Å². The van der Waals surface area contributed by atoms with Crippen molar-refractivity contribution in [2.75, 3.05) is 19.0 Å². The van der Waals surface area contributed by atoms with Crippen LogP contribution in [0.15, 0.2) is 66.7 Å². The number of nitrogens with zero attached hydrogens (tertiary/aromatic N) is 1. The summed E-state index contributed by atoms with van der Waals surface area (Å²) in [6, 6.07) is 17.8. The van der Waals surface area contributed by atoms with Gasteiger partial charge in [0.25, 0.3) is 11.8 Å². The van der Waals surface area contributed by atoms with E-state index in [1.54, 1.807) is 67.8 Å². The Bertz CT molecular complexity index is 1350. The van der Waals surface area contributed by atoms with E-state index in [9.17, 15) is 19.5 Å². The second kappa shape index (κ2) is 9.58. The first-order valence-corrected chi connectivity index (χ1v) is 11.6. The number of benzene rings is 3. The number of aromatic hydroxyl groups is 1. The molecule has 36 heavy (non-hydrogen) atoms. The Morgan fingerprint density at radius 2 is 1.72 bits per heavy atom. The van der Waals surface area contributed by atoms with Crippen LogP contribution in [-0.4, -0.2) is 53.5 Å². The molecule has 0 bridgehead atoms. The summed E-state index contributed by atoms with van der Waals surface area (Å²) >= 11 is 0. The predicted octanol–water partition coefficient (Wildman–Crippen LogP) is 3.54. The summed E-state index contributed by atoms with van der Waals surface area (Å²) < 4.78 is 5.13. The molecule has 3 aromatic carbocycles. The highest BCUT2D eigenvalue weighted by molar-refractivity contribution is 6.10. The van der Waals surface area contributed by atoms with Crippen LogP contribution in [-0.2, 0) is 4.79 Å². The van der Waals surface area contributed by atoms with Crippen molar-refractivity contribution in [3.63, 3.8) is 0 Å². The summed E-state index contributed by atoms with van der Waals surface area (Å²) in [6.45, 7) is 0.242. The molecule has 5 rings (SSSR count). The monoisotopic (exact) mass is 483 g/mol. The first kappa shape index (κ1) is 23.2. The lowest BCUT2D eigenvalue weighted by Gasteiger charge is -2.20. The van der Waals surface area contributed by atoms with Gasteiger partial charge in [-0.1, -0.05) is 30.4 Å². The Hall–Kier alpha value is -4.59. The maximum atomic E-state index is 13.5. The minimum absolute atomic E-state index is 0.192. The number of nitrogens with one attached hydrogen (secondary N) is 2. The number of rotatable bonds is 5. The van der Waals surface area contributed by atoms with Gasteiger partial charge in [0.2, 0.25) is 5.91 Å². The minimum atomic E-state index is -0.665. The third-order valence-corrected chi connectivity index (χ3v) is 6.45. The van der Waals surface area contributed by atoms with Gasteiger partial charge in [-0.2, -0.15) is 0 Å². The molecule has 3 amide bonds. The molecule has 3 aromatic rings. The van der Waals surface area contributed by atoms with E-state index in [0.717, 1.165) is 11.1 Å². The van der Waals surface area contributed by atoms with Crippen molar-refractivity contribution >= 4 is 35.6 Å². The lowest BCUT2D eigenvalue weighted by molar-refractivity contribution is -0.119. The Kier molecular flexibility index (Phi) is 6.16. The zero-order valence-electron chi connectivity index (χ0n) is 19.6. The van der Waals surface area contributed by atoms with E-state index < -0.39 is 6.04 Å². The van der Waals surface area contributed by atoms with Gasteiger partial charge in [0.1, 0.15) is 17.5 Å². The average molecular weight is 484 g/mol. The zero-order chi connectivity index (χ0) is 25.2. The molecule has 2 atom stereocenters. The van der Waals surface area contributed by atoms with Crippen molar-refractivity contribution in [1.82, 2.24) is 10.2 Å². The highest BCUT2D eigenvalue weighted by Crippen LogP contribution is 2.30. The number of ether oxygens (including phenoxy) is 1. The number of phenols is 1. The fraction of sp³-hybridized carbons (Fsp3) is 0.179. The number of phenolic OH excluding ortho intramolecular Hbond substituents is 1. The highest BCUT2D eigenvalue weighted by Gasteiger charge is 2.43. The molecule has 0 aliphatic carbocycles. The van der Waals surface area contributed by atoms with Gasteiger partial charge < -0.3 is 25.4 Å². The zero-order valence-corrected chi connectivity index (χ0v) is 19.6. The molecule has 8 heteroatoms. The molecule has 0 spiro atoms. The SMILES string of the molecule is COc1ccc(C(=O)NC2CC3C(=O)Nc4ccc(C=Cc5ccc(O)cc5)cc4C(=O)N3C2)cc1. The van der Waals surface area contributed by atoms with Crippen LogP contribution in [0.4, 0.5) is 5.69 Å². The van der Waals surface area contributed by atoms with Crippen LogP contribution in [0.5, 0.6) is 11.5 Å². The molecule has 2 aliphatic rings. The Morgan fingerprint density at radius 3 is 2.44 bits per heavy atom. The van der Waals surface area contributed by atoms with E-state index in [-0.39, 0.29) is 36.1 Å². The van der Waals surface area contributed by atoms with E-state index in [0.29, 0.717) is 29.0 Å². The maximum Gasteiger partial charge on any atom is 0.256 e. The summed E-state index contributed by atoms with van der Waals surface area (Å²) in [5, 5.41) is 15.3. The van der Waals surface area contributed by atoms with Crippen molar-refractivity contribution in [3.8, 4) is 11.5 Å². The second-order valence-electron chi connectivity index (χ2n) is 8.83. The molecule has 182 valence electrons. The topological polar surface area (TPSA) is 108 Å². The van der Waals surface area contributed by atoms with Gasteiger partial charge in [-0.15, -0.1) is 0 Å². The average Bonchev–Trinajstić information content (AvgIpc) is 3.29. The number of carbonyl (C=O) groups is 3. The number of anilines is 1. The Morgan fingerprint density at radius 1 is 1.03 bits per heavy atom. The van der Waals surface area contributed by atoms with Crippen molar-refractivity contribution < 1.29 is 24.2 Å². The van der Waals surface area contributed by atoms with Crippen LogP contribution in [0, 0.1) is 0 Å².